The largest absolute Gasteiger partial charge is 0.480 e. The van der Waals surface area contributed by atoms with Crippen LogP contribution < -0.4 is 0 Å². The van der Waals surface area contributed by atoms with Crippen LogP contribution in [0.2, 0.25) is 0 Å². The monoisotopic (exact) mass is 272 g/mol. The molecule has 0 saturated carbocycles. The van der Waals surface area contributed by atoms with Crippen molar-refractivity contribution in [2.24, 2.45) is 0 Å². The smallest absolute Gasteiger partial charge is 0.318 e. The highest BCUT2D eigenvalue weighted by molar-refractivity contribution is 7.89. The van der Waals surface area contributed by atoms with Gasteiger partial charge in [0.2, 0.25) is 10.0 Å². The van der Waals surface area contributed by atoms with Crippen molar-refractivity contribution in [3.05, 3.63) is 24.5 Å². The predicted molar refractivity (Wildman–Crippen MR) is 65.5 cm³/mol. The lowest BCUT2D eigenvalue weighted by molar-refractivity contribution is -0.137. The maximum absolute atomic E-state index is 12.3. The minimum absolute atomic E-state index is 0.00606. The van der Waals surface area contributed by atoms with E-state index in [0.29, 0.717) is 6.42 Å². The number of aromatic nitrogens is 1. The van der Waals surface area contributed by atoms with Crippen LogP contribution in [-0.4, -0.2) is 41.4 Å². The third-order valence-corrected chi connectivity index (χ3v) is 4.56. The summed E-state index contributed by atoms with van der Waals surface area (Å²) in [5.41, 5.74) is 0. The molecular formula is C11H16N2O4S. The number of carboxylic acids is 1. The molecule has 6 nitrogen and oxygen atoms in total. The quantitative estimate of drug-likeness (QED) is 0.833. The summed E-state index contributed by atoms with van der Waals surface area (Å²) < 4.78 is 25.6. The molecule has 7 heteroatoms. The van der Waals surface area contributed by atoms with Crippen molar-refractivity contribution in [1.29, 1.82) is 0 Å². The maximum Gasteiger partial charge on any atom is 0.318 e. The normalized spacial score (nSPS) is 13.5. The number of carboxylic acid groups (broad SMARTS) is 1. The third-order valence-electron chi connectivity index (χ3n) is 2.61. The van der Waals surface area contributed by atoms with Crippen LogP contribution in [0.4, 0.5) is 0 Å². The zero-order chi connectivity index (χ0) is 13.8. The van der Waals surface area contributed by atoms with Crippen LogP contribution in [0.15, 0.2) is 29.4 Å². The first kappa shape index (κ1) is 14.6. The van der Waals surface area contributed by atoms with E-state index >= 15 is 0 Å². The molecule has 1 atom stereocenters. The zero-order valence-corrected chi connectivity index (χ0v) is 11.1. The van der Waals surface area contributed by atoms with Gasteiger partial charge in [0.05, 0.1) is 0 Å². The summed E-state index contributed by atoms with van der Waals surface area (Å²) in [7, 11) is -3.82. The summed E-state index contributed by atoms with van der Waals surface area (Å²) in [6.45, 7) is 2.93. The molecule has 0 aliphatic heterocycles. The summed E-state index contributed by atoms with van der Waals surface area (Å²) >= 11 is 0. The van der Waals surface area contributed by atoms with Gasteiger partial charge >= 0.3 is 5.97 Å². The molecule has 1 aromatic heterocycles. The average molecular weight is 272 g/mol. The lowest BCUT2D eigenvalue weighted by Gasteiger charge is -2.25. The van der Waals surface area contributed by atoms with E-state index in [9.17, 15) is 13.2 Å². The Kier molecular flexibility index (Phi) is 4.80. The molecule has 1 unspecified atom stereocenters. The van der Waals surface area contributed by atoms with E-state index < -0.39 is 22.5 Å². The van der Waals surface area contributed by atoms with Crippen LogP contribution in [0, 0.1) is 0 Å². The lowest BCUT2D eigenvalue weighted by Crippen LogP contribution is -2.41. The Balaban J connectivity index is 3.16. The Labute approximate surface area is 106 Å². The first-order valence-corrected chi connectivity index (χ1v) is 6.97. The van der Waals surface area contributed by atoms with Gasteiger partial charge in [-0.2, -0.15) is 4.31 Å². The molecular weight excluding hydrogens is 256 g/mol. The molecule has 0 spiro atoms. The standard InChI is InChI=1S/C11H16N2O4S/c1-3-9(2)13(8-11(14)15)18(16,17)10-5-4-6-12-7-10/h4-7,9H,3,8H2,1-2H3,(H,14,15). The van der Waals surface area contributed by atoms with E-state index in [1.165, 1.54) is 24.5 Å². The van der Waals surface area contributed by atoms with Gasteiger partial charge in [0.1, 0.15) is 11.4 Å². The highest BCUT2D eigenvalue weighted by atomic mass is 32.2. The number of sulfonamides is 1. The second-order valence-electron chi connectivity index (χ2n) is 3.89. The van der Waals surface area contributed by atoms with Crippen molar-refractivity contribution < 1.29 is 18.3 Å². The number of hydrogen-bond acceptors (Lipinski definition) is 4. The van der Waals surface area contributed by atoms with Gasteiger partial charge < -0.3 is 5.11 Å². The molecule has 0 aliphatic rings. The predicted octanol–water partition coefficient (Wildman–Crippen LogP) is 0.955. The topological polar surface area (TPSA) is 87.6 Å². The van der Waals surface area contributed by atoms with Gasteiger partial charge in [-0.3, -0.25) is 9.78 Å². The van der Waals surface area contributed by atoms with E-state index in [2.05, 4.69) is 4.98 Å². The van der Waals surface area contributed by atoms with Crippen molar-refractivity contribution in [2.45, 2.75) is 31.2 Å². The number of carbonyl (C=O) groups is 1. The van der Waals surface area contributed by atoms with Crippen LogP contribution in [-0.2, 0) is 14.8 Å². The Hall–Kier alpha value is -1.47. The van der Waals surface area contributed by atoms with E-state index in [4.69, 9.17) is 5.11 Å². The molecule has 18 heavy (non-hydrogen) atoms. The van der Waals surface area contributed by atoms with Gasteiger partial charge in [-0.25, -0.2) is 8.42 Å². The summed E-state index contributed by atoms with van der Waals surface area (Å²) in [5.74, 6) is -1.18. The van der Waals surface area contributed by atoms with E-state index in [1.54, 1.807) is 13.8 Å². The van der Waals surface area contributed by atoms with Crippen molar-refractivity contribution in [3.8, 4) is 0 Å². The zero-order valence-electron chi connectivity index (χ0n) is 10.3. The average Bonchev–Trinajstić information content (AvgIpc) is 2.35. The van der Waals surface area contributed by atoms with Crippen molar-refractivity contribution >= 4 is 16.0 Å². The molecule has 0 fully saturated rings. The molecule has 0 bridgehead atoms. The summed E-state index contributed by atoms with van der Waals surface area (Å²) in [6.07, 6.45) is 3.21. The highest BCUT2D eigenvalue weighted by Gasteiger charge is 2.30. The molecule has 0 saturated heterocycles. The molecule has 100 valence electrons. The van der Waals surface area contributed by atoms with Gasteiger partial charge in [0.25, 0.3) is 0 Å². The van der Waals surface area contributed by atoms with Gasteiger partial charge in [-0.05, 0) is 25.5 Å². The van der Waals surface area contributed by atoms with Crippen LogP contribution >= 0.6 is 0 Å². The Morgan fingerprint density at radius 3 is 2.67 bits per heavy atom. The first-order valence-electron chi connectivity index (χ1n) is 5.53. The SMILES string of the molecule is CCC(C)N(CC(=O)O)S(=O)(=O)c1cccnc1. The van der Waals surface area contributed by atoms with Crippen LogP contribution in [0.25, 0.3) is 0 Å². The van der Waals surface area contributed by atoms with Gasteiger partial charge in [-0.1, -0.05) is 6.92 Å². The highest BCUT2D eigenvalue weighted by Crippen LogP contribution is 2.18. The molecule has 1 aromatic rings. The Morgan fingerprint density at radius 1 is 1.56 bits per heavy atom. The third kappa shape index (κ3) is 3.27. The maximum atomic E-state index is 12.3. The molecule has 0 radical (unpaired) electrons. The minimum Gasteiger partial charge on any atom is -0.480 e. The minimum atomic E-state index is -3.82. The number of hydrogen-bond donors (Lipinski definition) is 1. The lowest BCUT2D eigenvalue weighted by atomic mass is 10.2. The number of aliphatic carboxylic acids is 1. The summed E-state index contributed by atoms with van der Waals surface area (Å²) in [5, 5.41) is 8.82. The molecule has 1 heterocycles. The first-order chi connectivity index (χ1) is 8.39. The Bertz CT molecular complexity index is 501. The number of pyridine rings is 1. The second kappa shape index (κ2) is 5.92. The van der Waals surface area contributed by atoms with E-state index in [0.717, 1.165) is 4.31 Å². The van der Waals surface area contributed by atoms with Crippen molar-refractivity contribution in [2.75, 3.05) is 6.54 Å². The van der Waals surface area contributed by atoms with Crippen molar-refractivity contribution in [1.82, 2.24) is 9.29 Å². The Morgan fingerprint density at radius 2 is 2.22 bits per heavy atom. The van der Waals surface area contributed by atoms with Crippen LogP contribution in [0.3, 0.4) is 0 Å². The van der Waals surface area contributed by atoms with Gasteiger partial charge in [-0.15, -0.1) is 0 Å². The van der Waals surface area contributed by atoms with Crippen molar-refractivity contribution in [3.63, 3.8) is 0 Å². The summed E-state index contributed by atoms with van der Waals surface area (Å²) in [4.78, 5) is 14.5. The van der Waals surface area contributed by atoms with Gasteiger partial charge in [0, 0.05) is 18.4 Å². The molecule has 0 aromatic carbocycles. The molecule has 1 N–H and O–H groups in total. The molecule has 1 rings (SSSR count). The number of nitrogens with zero attached hydrogens (tertiary/aromatic N) is 2. The fourth-order valence-electron chi connectivity index (χ4n) is 1.45. The van der Waals surface area contributed by atoms with E-state index in [1.807, 2.05) is 0 Å². The number of rotatable bonds is 6. The van der Waals surface area contributed by atoms with Crippen LogP contribution in [0.5, 0.6) is 0 Å². The van der Waals surface area contributed by atoms with Gasteiger partial charge in [0.15, 0.2) is 0 Å². The fourth-order valence-corrected chi connectivity index (χ4v) is 3.07. The molecule has 0 aliphatic carbocycles. The van der Waals surface area contributed by atoms with E-state index in [-0.39, 0.29) is 10.9 Å². The second-order valence-corrected chi connectivity index (χ2v) is 5.78. The summed E-state index contributed by atoms with van der Waals surface area (Å²) in [6, 6.07) is 2.52. The fraction of sp³-hybridized carbons (Fsp3) is 0.455. The molecule has 0 amide bonds. The van der Waals surface area contributed by atoms with Crippen LogP contribution in [0.1, 0.15) is 20.3 Å².